The van der Waals surface area contributed by atoms with Gasteiger partial charge < -0.3 is 5.32 Å². The van der Waals surface area contributed by atoms with Crippen LogP contribution in [-0.4, -0.2) is 36.8 Å². The Hall–Kier alpha value is -1.67. The highest BCUT2D eigenvalue weighted by Crippen LogP contribution is 2.30. The van der Waals surface area contributed by atoms with Gasteiger partial charge in [0.25, 0.3) is 5.69 Å². The molecule has 0 bridgehead atoms. The highest BCUT2D eigenvalue weighted by atomic mass is 32.2. The smallest absolute Gasteiger partial charge is 0.293 e. The first-order chi connectivity index (χ1) is 11.4. The number of hydrogen-bond donors (Lipinski definition) is 1. The van der Waals surface area contributed by atoms with Gasteiger partial charge in [-0.1, -0.05) is 19.8 Å². The first kappa shape index (κ1) is 18.7. The van der Waals surface area contributed by atoms with Crippen molar-refractivity contribution in [1.29, 1.82) is 0 Å². The molecule has 1 unspecified atom stereocenters. The second-order valence-electron chi connectivity index (χ2n) is 6.21. The van der Waals surface area contributed by atoms with E-state index in [1.165, 1.54) is 22.5 Å². The molecule has 8 heteroatoms. The predicted molar refractivity (Wildman–Crippen MR) is 93.7 cm³/mol. The van der Waals surface area contributed by atoms with Crippen LogP contribution >= 0.6 is 0 Å². The van der Waals surface area contributed by atoms with E-state index in [1.54, 1.807) is 0 Å². The molecule has 1 N–H and O–H groups in total. The van der Waals surface area contributed by atoms with Gasteiger partial charge in [0, 0.05) is 25.2 Å². The van der Waals surface area contributed by atoms with Crippen molar-refractivity contribution in [3.63, 3.8) is 0 Å². The van der Waals surface area contributed by atoms with E-state index in [0.29, 0.717) is 18.8 Å². The molecule has 1 fully saturated rings. The minimum absolute atomic E-state index is 0.00852. The fourth-order valence-electron chi connectivity index (χ4n) is 2.74. The Morgan fingerprint density at radius 1 is 1.25 bits per heavy atom. The molecule has 0 amide bonds. The minimum Gasteiger partial charge on any atom is -0.377 e. The normalized spacial score (nSPS) is 17.9. The van der Waals surface area contributed by atoms with Gasteiger partial charge in [0.15, 0.2) is 0 Å². The molecule has 1 aromatic rings. The lowest BCUT2D eigenvalue weighted by atomic mass is 10.2. The topological polar surface area (TPSA) is 92.6 Å². The predicted octanol–water partition coefficient (Wildman–Crippen LogP) is 3.37. The van der Waals surface area contributed by atoms with Crippen molar-refractivity contribution in [3.05, 3.63) is 28.3 Å². The van der Waals surface area contributed by atoms with E-state index in [2.05, 4.69) is 5.32 Å². The fraction of sp³-hybridized carbons (Fsp3) is 0.625. The molecule has 7 nitrogen and oxygen atoms in total. The molecule has 2 rings (SSSR count). The van der Waals surface area contributed by atoms with Crippen molar-refractivity contribution in [2.45, 2.75) is 56.9 Å². The van der Waals surface area contributed by atoms with E-state index in [4.69, 9.17) is 0 Å². The number of nitrogens with zero attached hydrogens (tertiary/aromatic N) is 2. The van der Waals surface area contributed by atoms with Crippen molar-refractivity contribution >= 4 is 21.4 Å². The zero-order valence-corrected chi connectivity index (χ0v) is 15.0. The van der Waals surface area contributed by atoms with Gasteiger partial charge in [-0.3, -0.25) is 10.1 Å². The number of sulfonamides is 1. The molecular formula is C16H25N3O4S. The maximum absolute atomic E-state index is 12.8. The van der Waals surface area contributed by atoms with Crippen molar-refractivity contribution in [2.75, 3.05) is 18.4 Å². The van der Waals surface area contributed by atoms with Crippen molar-refractivity contribution < 1.29 is 13.3 Å². The molecule has 1 atom stereocenters. The minimum atomic E-state index is -3.69. The van der Waals surface area contributed by atoms with E-state index in [9.17, 15) is 18.5 Å². The second kappa shape index (κ2) is 7.94. The third kappa shape index (κ3) is 4.24. The summed E-state index contributed by atoms with van der Waals surface area (Å²) < 4.78 is 27.0. The van der Waals surface area contributed by atoms with E-state index >= 15 is 0 Å². The standard InChI is InChI=1S/C16H25N3O4S/c1-3-13(2)17-15-9-8-14(12-16(15)19(20)21)24(22,23)18-10-6-4-5-7-11-18/h8-9,12-13,17H,3-7,10-11H2,1-2H3. The van der Waals surface area contributed by atoms with Crippen LogP contribution in [0.1, 0.15) is 46.0 Å². The SMILES string of the molecule is CCC(C)Nc1ccc(S(=O)(=O)N2CCCCCC2)cc1[N+](=O)[O-]. The molecule has 0 spiro atoms. The molecule has 0 aromatic heterocycles. The van der Waals surface area contributed by atoms with Gasteiger partial charge in [-0.05, 0) is 38.3 Å². The van der Waals surface area contributed by atoms with E-state index in [-0.39, 0.29) is 16.6 Å². The van der Waals surface area contributed by atoms with Crippen LogP contribution in [0, 0.1) is 10.1 Å². The molecule has 1 aliphatic heterocycles. The summed E-state index contributed by atoms with van der Waals surface area (Å²) in [5.41, 5.74) is 0.148. The number of nitro benzene ring substituents is 1. The second-order valence-corrected chi connectivity index (χ2v) is 8.15. The van der Waals surface area contributed by atoms with Crippen molar-refractivity contribution in [1.82, 2.24) is 4.31 Å². The molecule has 134 valence electrons. The van der Waals surface area contributed by atoms with Crippen molar-refractivity contribution in [2.24, 2.45) is 0 Å². The molecule has 1 heterocycles. The first-order valence-corrected chi connectivity index (χ1v) is 9.85. The number of hydrogen-bond acceptors (Lipinski definition) is 5. The Kier molecular flexibility index (Phi) is 6.17. The molecule has 1 saturated heterocycles. The zero-order valence-electron chi connectivity index (χ0n) is 14.2. The number of benzene rings is 1. The van der Waals surface area contributed by atoms with Crippen LogP contribution < -0.4 is 5.32 Å². The molecule has 0 aliphatic carbocycles. The van der Waals surface area contributed by atoms with Crippen LogP contribution in [0.25, 0.3) is 0 Å². The summed E-state index contributed by atoms with van der Waals surface area (Å²) in [7, 11) is -3.69. The van der Waals surface area contributed by atoms with Gasteiger partial charge in [0.05, 0.1) is 9.82 Å². The Morgan fingerprint density at radius 2 is 1.88 bits per heavy atom. The fourth-order valence-corrected chi connectivity index (χ4v) is 4.28. The molecule has 1 aromatic carbocycles. The summed E-state index contributed by atoms with van der Waals surface area (Å²) in [4.78, 5) is 10.8. The lowest BCUT2D eigenvalue weighted by Gasteiger charge is -2.20. The average molecular weight is 355 g/mol. The summed E-state index contributed by atoms with van der Waals surface area (Å²) in [6.07, 6.45) is 4.50. The zero-order chi connectivity index (χ0) is 17.7. The third-order valence-corrected chi connectivity index (χ3v) is 6.28. The molecule has 0 saturated carbocycles. The van der Waals surface area contributed by atoms with Gasteiger partial charge in [-0.25, -0.2) is 8.42 Å². The number of nitro groups is 1. The number of rotatable bonds is 6. The van der Waals surface area contributed by atoms with Gasteiger partial charge >= 0.3 is 0 Å². The maximum atomic E-state index is 12.8. The molecular weight excluding hydrogens is 330 g/mol. The van der Waals surface area contributed by atoms with Gasteiger partial charge in [0.1, 0.15) is 5.69 Å². The van der Waals surface area contributed by atoms with Gasteiger partial charge in [0.2, 0.25) is 10.0 Å². The Bertz CT molecular complexity index is 683. The number of anilines is 1. The van der Waals surface area contributed by atoms with Crippen LogP contribution in [0.15, 0.2) is 23.1 Å². The van der Waals surface area contributed by atoms with Crippen LogP contribution in [0.5, 0.6) is 0 Å². The summed E-state index contributed by atoms with van der Waals surface area (Å²) in [6.45, 7) is 4.85. The van der Waals surface area contributed by atoms with E-state index in [1.807, 2.05) is 13.8 Å². The summed E-state index contributed by atoms with van der Waals surface area (Å²) in [5.74, 6) is 0. The maximum Gasteiger partial charge on any atom is 0.293 e. The molecule has 24 heavy (non-hydrogen) atoms. The largest absolute Gasteiger partial charge is 0.377 e. The quantitative estimate of drug-likeness (QED) is 0.624. The van der Waals surface area contributed by atoms with Crippen LogP contribution in [0.3, 0.4) is 0 Å². The lowest BCUT2D eigenvalue weighted by Crippen LogP contribution is -2.32. The van der Waals surface area contributed by atoms with Gasteiger partial charge in [-0.15, -0.1) is 0 Å². The molecule has 0 radical (unpaired) electrons. The van der Waals surface area contributed by atoms with E-state index in [0.717, 1.165) is 32.1 Å². The average Bonchev–Trinajstić information content (AvgIpc) is 2.84. The Labute approximate surface area is 143 Å². The molecule has 1 aliphatic rings. The Morgan fingerprint density at radius 3 is 2.42 bits per heavy atom. The summed E-state index contributed by atoms with van der Waals surface area (Å²) >= 11 is 0. The highest BCUT2D eigenvalue weighted by Gasteiger charge is 2.28. The monoisotopic (exact) mass is 355 g/mol. The van der Waals surface area contributed by atoms with Crippen LogP contribution in [0.2, 0.25) is 0 Å². The lowest BCUT2D eigenvalue weighted by molar-refractivity contribution is -0.384. The van der Waals surface area contributed by atoms with Crippen molar-refractivity contribution in [3.8, 4) is 0 Å². The van der Waals surface area contributed by atoms with Crippen LogP contribution in [-0.2, 0) is 10.0 Å². The van der Waals surface area contributed by atoms with E-state index < -0.39 is 14.9 Å². The number of nitrogens with one attached hydrogen (secondary N) is 1. The van der Waals surface area contributed by atoms with Gasteiger partial charge in [-0.2, -0.15) is 4.31 Å². The third-order valence-electron chi connectivity index (χ3n) is 4.38. The highest BCUT2D eigenvalue weighted by molar-refractivity contribution is 7.89. The summed E-state index contributed by atoms with van der Waals surface area (Å²) in [5, 5.41) is 14.4. The first-order valence-electron chi connectivity index (χ1n) is 8.41. The Balaban J connectivity index is 2.36. The van der Waals surface area contributed by atoms with Crippen LogP contribution in [0.4, 0.5) is 11.4 Å². The summed E-state index contributed by atoms with van der Waals surface area (Å²) in [6, 6.07) is 4.19.